The Labute approximate surface area is 154 Å². The second-order valence-corrected chi connectivity index (χ2v) is 9.17. The lowest BCUT2D eigenvalue weighted by Crippen LogP contribution is -2.44. The minimum atomic E-state index is -3.52. The van der Waals surface area contributed by atoms with E-state index in [0.717, 1.165) is 25.4 Å². The maximum absolute atomic E-state index is 12.5. The van der Waals surface area contributed by atoms with Crippen LogP contribution in [0, 0.1) is 11.8 Å². The Bertz CT molecular complexity index is 834. The number of likely N-dealkylation sites (tertiary alicyclic amines) is 1. The molecule has 6 nitrogen and oxygen atoms in total. The number of sulfonamides is 1. The van der Waals surface area contributed by atoms with Gasteiger partial charge in [-0.15, -0.1) is 0 Å². The Morgan fingerprint density at radius 3 is 2.77 bits per heavy atom. The molecule has 2 fully saturated rings. The van der Waals surface area contributed by atoms with Gasteiger partial charge in [0.25, 0.3) is 10.0 Å². The molecule has 0 radical (unpaired) electrons. The van der Waals surface area contributed by atoms with E-state index in [1.807, 2.05) is 4.90 Å². The molecule has 0 spiro atoms. The van der Waals surface area contributed by atoms with Crippen molar-refractivity contribution in [3.05, 3.63) is 29.8 Å². The van der Waals surface area contributed by atoms with Gasteiger partial charge < -0.3 is 4.90 Å². The van der Waals surface area contributed by atoms with Gasteiger partial charge >= 0.3 is 0 Å². The van der Waals surface area contributed by atoms with Crippen LogP contribution in [0.25, 0.3) is 0 Å². The molecular formula is C19H25N3O3S. The van der Waals surface area contributed by atoms with E-state index in [4.69, 9.17) is 0 Å². The predicted octanol–water partition coefficient (Wildman–Crippen LogP) is 2.15. The van der Waals surface area contributed by atoms with E-state index in [1.54, 1.807) is 24.3 Å². The fraction of sp³-hybridized carbons (Fsp3) is 0.579. The number of hydrogen-bond acceptors (Lipinski definition) is 4. The number of carbonyl (C=O) groups excluding carboxylic acids is 1. The number of nitrogens with zero attached hydrogens (tertiary/aromatic N) is 2. The summed E-state index contributed by atoms with van der Waals surface area (Å²) in [5.41, 5.74) is 0.586. The highest BCUT2D eigenvalue weighted by Gasteiger charge is 2.33. The van der Waals surface area contributed by atoms with Gasteiger partial charge in [0.05, 0.1) is 11.4 Å². The summed E-state index contributed by atoms with van der Waals surface area (Å²) in [4.78, 5) is 19.1. The Morgan fingerprint density at radius 1 is 1.15 bits per heavy atom. The summed E-state index contributed by atoms with van der Waals surface area (Å²) in [6.45, 7) is 2.04. The van der Waals surface area contributed by atoms with E-state index in [9.17, 15) is 13.2 Å². The summed E-state index contributed by atoms with van der Waals surface area (Å²) in [6.07, 6.45) is 6.64. The van der Waals surface area contributed by atoms with Crippen LogP contribution in [0.4, 0.5) is 0 Å². The number of rotatable bonds is 3. The molecule has 26 heavy (non-hydrogen) atoms. The van der Waals surface area contributed by atoms with Crippen molar-refractivity contribution in [3.63, 3.8) is 0 Å². The Hall–Kier alpha value is -1.89. The smallest absolute Gasteiger partial charge is 0.263 e. The molecule has 1 N–H and O–H groups in total. The van der Waals surface area contributed by atoms with Crippen molar-refractivity contribution in [3.8, 4) is 0 Å². The van der Waals surface area contributed by atoms with Crippen molar-refractivity contribution in [2.75, 3.05) is 19.6 Å². The quantitative estimate of drug-likeness (QED) is 0.879. The minimum Gasteiger partial charge on any atom is -0.342 e. The molecule has 1 aromatic rings. The van der Waals surface area contributed by atoms with Gasteiger partial charge in [-0.05, 0) is 36.8 Å². The summed E-state index contributed by atoms with van der Waals surface area (Å²) < 4.78 is 26.6. The molecule has 2 atom stereocenters. The number of benzene rings is 1. The van der Waals surface area contributed by atoms with Crippen LogP contribution < -0.4 is 4.72 Å². The molecule has 2 aliphatic heterocycles. The van der Waals surface area contributed by atoms with Gasteiger partial charge in [0.1, 0.15) is 5.84 Å². The fourth-order valence-corrected chi connectivity index (χ4v) is 5.75. The maximum Gasteiger partial charge on any atom is 0.263 e. The molecule has 0 unspecified atom stereocenters. The molecular weight excluding hydrogens is 350 g/mol. The molecule has 0 bridgehead atoms. The third kappa shape index (κ3) is 3.37. The Morgan fingerprint density at radius 2 is 1.92 bits per heavy atom. The van der Waals surface area contributed by atoms with E-state index < -0.39 is 10.0 Å². The molecule has 140 valence electrons. The van der Waals surface area contributed by atoms with Gasteiger partial charge in [0.15, 0.2) is 0 Å². The van der Waals surface area contributed by atoms with Crippen molar-refractivity contribution < 1.29 is 13.2 Å². The summed E-state index contributed by atoms with van der Waals surface area (Å²) in [6, 6.07) is 6.79. The van der Waals surface area contributed by atoms with Crippen LogP contribution in [0.15, 0.2) is 34.2 Å². The zero-order valence-corrected chi connectivity index (χ0v) is 15.7. The summed E-state index contributed by atoms with van der Waals surface area (Å²) >= 11 is 0. The SMILES string of the molecule is O=C(CCN=C1NS(=O)(=O)c2ccccc21)N1CC[C@@H]2CCCC[C@@H]2C1. The molecule has 1 saturated heterocycles. The zero-order chi connectivity index (χ0) is 18.1. The van der Waals surface area contributed by atoms with Gasteiger partial charge in [-0.3, -0.25) is 14.5 Å². The first kappa shape index (κ1) is 17.5. The molecule has 7 heteroatoms. The van der Waals surface area contributed by atoms with E-state index in [1.165, 1.54) is 25.7 Å². The van der Waals surface area contributed by atoms with Crippen LogP contribution in [0.3, 0.4) is 0 Å². The highest BCUT2D eigenvalue weighted by molar-refractivity contribution is 7.90. The van der Waals surface area contributed by atoms with E-state index in [-0.39, 0.29) is 10.8 Å². The van der Waals surface area contributed by atoms with Crippen molar-refractivity contribution >= 4 is 21.8 Å². The largest absolute Gasteiger partial charge is 0.342 e. The molecule has 3 aliphatic rings. The molecule has 1 saturated carbocycles. The van der Waals surface area contributed by atoms with E-state index in [0.29, 0.717) is 30.3 Å². The van der Waals surface area contributed by atoms with Crippen LogP contribution in [-0.2, 0) is 14.8 Å². The monoisotopic (exact) mass is 375 g/mol. The zero-order valence-electron chi connectivity index (χ0n) is 14.9. The molecule has 1 aromatic carbocycles. The minimum absolute atomic E-state index is 0.132. The maximum atomic E-state index is 12.5. The lowest BCUT2D eigenvalue weighted by atomic mass is 9.75. The average Bonchev–Trinajstić information content (AvgIpc) is 2.92. The van der Waals surface area contributed by atoms with Crippen LogP contribution in [-0.4, -0.2) is 44.7 Å². The number of amides is 1. The summed E-state index contributed by atoms with van der Waals surface area (Å²) in [7, 11) is -3.52. The average molecular weight is 375 g/mol. The molecule has 4 rings (SSSR count). The number of aliphatic imine (C=N–C) groups is 1. The van der Waals surface area contributed by atoms with Gasteiger partial charge in [0.2, 0.25) is 5.91 Å². The highest BCUT2D eigenvalue weighted by Crippen LogP contribution is 2.36. The Balaban J connectivity index is 1.36. The van der Waals surface area contributed by atoms with Crippen LogP contribution in [0.2, 0.25) is 0 Å². The van der Waals surface area contributed by atoms with Gasteiger partial charge in [-0.25, -0.2) is 8.42 Å². The second-order valence-electron chi connectivity index (χ2n) is 7.52. The molecule has 1 amide bonds. The first-order valence-corrected chi connectivity index (χ1v) is 11.0. The van der Waals surface area contributed by atoms with Crippen LogP contribution in [0.5, 0.6) is 0 Å². The topological polar surface area (TPSA) is 78.8 Å². The summed E-state index contributed by atoms with van der Waals surface area (Å²) in [5.74, 6) is 1.95. The van der Waals surface area contributed by atoms with Crippen molar-refractivity contribution in [1.82, 2.24) is 9.62 Å². The first-order valence-electron chi connectivity index (χ1n) is 9.49. The Kier molecular flexibility index (Phi) is 4.73. The van der Waals surface area contributed by atoms with Crippen molar-refractivity contribution in [2.24, 2.45) is 16.8 Å². The third-order valence-electron chi connectivity index (χ3n) is 5.90. The lowest BCUT2D eigenvalue weighted by Gasteiger charge is -2.41. The van der Waals surface area contributed by atoms with Gasteiger partial charge in [-0.1, -0.05) is 31.4 Å². The number of fused-ring (bicyclic) bond motifs is 2. The highest BCUT2D eigenvalue weighted by atomic mass is 32.2. The number of amidine groups is 1. The second kappa shape index (κ2) is 7.02. The molecule has 2 heterocycles. The molecule has 0 aromatic heterocycles. The van der Waals surface area contributed by atoms with Crippen LogP contribution >= 0.6 is 0 Å². The van der Waals surface area contributed by atoms with Gasteiger partial charge in [-0.2, -0.15) is 0 Å². The number of carbonyl (C=O) groups is 1. The van der Waals surface area contributed by atoms with Crippen LogP contribution in [0.1, 0.15) is 44.1 Å². The van der Waals surface area contributed by atoms with Crippen molar-refractivity contribution in [1.29, 1.82) is 0 Å². The van der Waals surface area contributed by atoms with E-state index in [2.05, 4.69) is 9.71 Å². The first-order chi connectivity index (χ1) is 12.5. The standard InChI is InChI=1S/C19H25N3O3S/c23-18(22-12-10-14-5-1-2-6-15(14)13-22)9-11-20-19-16-7-3-4-8-17(16)26(24,25)21-19/h3-4,7-8,14-15H,1-2,5-6,9-13H2,(H,20,21)/t14-,15+/m0/s1. The van der Waals surface area contributed by atoms with Crippen molar-refractivity contribution in [2.45, 2.75) is 43.4 Å². The normalized spacial score (nSPS) is 28.3. The fourth-order valence-electron chi connectivity index (χ4n) is 4.50. The summed E-state index contributed by atoms with van der Waals surface area (Å²) in [5, 5.41) is 0. The van der Waals surface area contributed by atoms with Gasteiger partial charge in [0, 0.05) is 25.1 Å². The molecule has 1 aliphatic carbocycles. The predicted molar refractivity (Wildman–Crippen MR) is 99.4 cm³/mol. The van der Waals surface area contributed by atoms with E-state index >= 15 is 0 Å². The number of piperidine rings is 1. The lowest BCUT2D eigenvalue weighted by molar-refractivity contribution is -0.134. The number of nitrogens with one attached hydrogen (secondary N) is 1. The third-order valence-corrected chi connectivity index (χ3v) is 7.30. The number of hydrogen-bond donors (Lipinski definition) is 1.